The lowest BCUT2D eigenvalue weighted by molar-refractivity contribution is 0.398. The van der Waals surface area contributed by atoms with Gasteiger partial charge in [0, 0.05) is 28.5 Å². The van der Waals surface area contributed by atoms with Crippen LogP contribution in [0.5, 0.6) is 0 Å². The van der Waals surface area contributed by atoms with E-state index in [1.54, 1.807) is 16.6 Å². The molecule has 0 saturated carbocycles. The molecule has 144 valence electrons. The Morgan fingerprint density at radius 2 is 1.96 bits per heavy atom. The largest absolute Gasteiger partial charge is 0.305 e. The number of hydrogen-bond donors (Lipinski definition) is 0. The average molecular weight is 425 g/mol. The predicted molar refractivity (Wildman–Crippen MR) is 109 cm³/mol. The highest BCUT2D eigenvalue weighted by Gasteiger charge is 2.30. The molecule has 9 heteroatoms. The first-order valence-corrected chi connectivity index (χ1v) is 11.3. The molecule has 0 atom stereocenters. The second-order valence-corrected chi connectivity index (χ2v) is 9.65. The summed E-state index contributed by atoms with van der Waals surface area (Å²) in [5, 5.41) is 5.33. The van der Waals surface area contributed by atoms with Crippen LogP contribution in [0.1, 0.15) is 17.0 Å². The molecule has 3 rings (SSSR count). The summed E-state index contributed by atoms with van der Waals surface area (Å²) in [6.45, 7) is 4.53. The number of halogens is 1. The van der Waals surface area contributed by atoms with Gasteiger partial charge in [-0.3, -0.25) is 0 Å². The van der Waals surface area contributed by atoms with Crippen LogP contribution in [0.3, 0.4) is 0 Å². The van der Waals surface area contributed by atoms with E-state index in [9.17, 15) is 8.42 Å². The summed E-state index contributed by atoms with van der Waals surface area (Å²) >= 11 is 7.30. The maximum Gasteiger partial charge on any atom is 0.213 e. The van der Waals surface area contributed by atoms with Gasteiger partial charge in [-0.25, -0.2) is 17.9 Å². The van der Waals surface area contributed by atoms with E-state index < -0.39 is 9.84 Å². The van der Waals surface area contributed by atoms with Crippen molar-refractivity contribution in [3.05, 3.63) is 46.2 Å². The Labute approximate surface area is 168 Å². The number of hydrogen-bond acceptors (Lipinski definition) is 6. The molecule has 1 aromatic carbocycles. The summed E-state index contributed by atoms with van der Waals surface area (Å²) in [7, 11) is 0.143. The minimum atomic E-state index is -3.82. The van der Waals surface area contributed by atoms with Crippen LogP contribution in [0, 0.1) is 13.8 Å². The number of benzene rings is 1. The number of thioether (sulfide) groups is 1. The number of rotatable bonds is 5. The van der Waals surface area contributed by atoms with Crippen LogP contribution in [0.25, 0.3) is 5.65 Å². The van der Waals surface area contributed by atoms with Crippen molar-refractivity contribution in [3.63, 3.8) is 0 Å². The fourth-order valence-corrected chi connectivity index (χ4v) is 5.68. The van der Waals surface area contributed by atoms with Crippen LogP contribution in [0.4, 0.5) is 0 Å². The molecule has 0 radical (unpaired) electrons. The van der Waals surface area contributed by atoms with Gasteiger partial charge in [0.25, 0.3) is 0 Å². The maximum absolute atomic E-state index is 13.4. The van der Waals surface area contributed by atoms with E-state index in [-0.39, 0.29) is 9.79 Å². The van der Waals surface area contributed by atoms with E-state index >= 15 is 0 Å². The molecule has 0 spiro atoms. The minimum absolute atomic E-state index is 0.125. The van der Waals surface area contributed by atoms with Crippen LogP contribution < -0.4 is 0 Å². The fraction of sp³-hybridized carbons (Fsp3) is 0.333. The Balaban J connectivity index is 2.33. The van der Waals surface area contributed by atoms with Crippen LogP contribution in [-0.2, 0) is 16.4 Å². The first-order valence-electron chi connectivity index (χ1n) is 8.25. The lowest BCUT2D eigenvalue weighted by Crippen LogP contribution is -2.16. The lowest BCUT2D eigenvalue weighted by Gasteiger charge is -2.15. The highest BCUT2D eigenvalue weighted by atomic mass is 35.5. The Kier molecular flexibility index (Phi) is 5.54. The number of nitrogens with zero attached hydrogens (tertiary/aromatic N) is 4. The molecule has 27 heavy (non-hydrogen) atoms. The van der Waals surface area contributed by atoms with Gasteiger partial charge in [0.05, 0.1) is 4.90 Å². The Morgan fingerprint density at radius 1 is 1.26 bits per heavy atom. The molecule has 0 unspecified atom stereocenters. The first-order chi connectivity index (χ1) is 12.7. The Bertz CT molecular complexity index is 1120. The monoisotopic (exact) mass is 424 g/mol. The van der Waals surface area contributed by atoms with Gasteiger partial charge in [-0.2, -0.15) is 5.10 Å². The fourth-order valence-electron chi connectivity index (χ4n) is 2.99. The summed E-state index contributed by atoms with van der Waals surface area (Å²) in [6.07, 6.45) is 1.81. The predicted octanol–water partition coefficient (Wildman–Crippen LogP) is 3.62. The highest BCUT2D eigenvalue weighted by Crippen LogP contribution is 2.34. The summed E-state index contributed by atoms with van der Waals surface area (Å²) in [5.41, 5.74) is 3.06. The van der Waals surface area contributed by atoms with Crippen molar-refractivity contribution in [1.82, 2.24) is 19.5 Å². The lowest BCUT2D eigenvalue weighted by atomic mass is 10.1. The third-order valence-electron chi connectivity index (χ3n) is 4.30. The third-order valence-corrected chi connectivity index (χ3v) is 7.12. The number of sulfone groups is 1. The van der Waals surface area contributed by atoms with Gasteiger partial charge in [0.1, 0.15) is 5.03 Å². The highest BCUT2D eigenvalue weighted by molar-refractivity contribution is 7.99. The van der Waals surface area contributed by atoms with E-state index in [1.807, 2.05) is 39.1 Å². The normalized spacial score (nSPS) is 12.3. The van der Waals surface area contributed by atoms with Crippen LogP contribution in [0.2, 0.25) is 5.02 Å². The molecule has 0 aliphatic heterocycles. The molecule has 6 nitrogen and oxygen atoms in total. The van der Waals surface area contributed by atoms with Crippen molar-refractivity contribution in [2.75, 3.05) is 20.4 Å². The molecule has 0 saturated heterocycles. The van der Waals surface area contributed by atoms with Crippen molar-refractivity contribution in [2.24, 2.45) is 0 Å². The van der Waals surface area contributed by atoms with E-state index in [1.165, 1.54) is 23.9 Å². The molecule has 0 bridgehead atoms. The van der Waals surface area contributed by atoms with Crippen LogP contribution in [-0.4, -0.2) is 48.3 Å². The second kappa shape index (κ2) is 7.43. The molecule has 2 heterocycles. The molecular formula is C18H21ClN4O2S2. The molecule has 3 aromatic rings. The van der Waals surface area contributed by atoms with Crippen molar-refractivity contribution >= 4 is 38.8 Å². The van der Waals surface area contributed by atoms with Crippen molar-refractivity contribution in [1.29, 1.82) is 0 Å². The zero-order valence-electron chi connectivity index (χ0n) is 15.8. The molecule has 0 aliphatic carbocycles. The van der Waals surface area contributed by atoms with Gasteiger partial charge in [0.15, 0.2) is 10.5 Å². The van der Waals surface area contributed by atoms with Crippen LogP contribution >= 0.6 is 23.4 Å². The zero-order chi connectivity index (χ0) is 19.9. The zero-order valence-corrected chi connectivity index (χ0v) is 18.2. The maximum atomic E-state index is 13.4. The Morgan fingerprint density at radius 3 is 2.56 bits per heavy atom. The Hall–Kier alpha value is -1.61. The number of aryl methyl sites for hydroxylation is 2. The molecule has 0 fully saturated rings. The molecule has 2 aromatic heterocycles. The second-order valence-electron chi connectivity index (χ2n) is 6.53. The first kappa shape index (κ1) is 20.1. The van der Waals surface area contributed by atoms with Gasteiger partial charge in [-0.05, 0) is 52.4 Å². The quantitative estimate of drug-likeness (QED) is 0.583. The molecule has 0 amide bonds. The van der Waals surface area contributed by atoms with Gasteiger partial charge < -0.3 is 4.90 Å². The number of aromatic nitrogens is 3. The minimum Gasteiger partial charge on any atom is -0.305 e. The van der Waals surface area contributed by atoms with E-state index in [2.05, 4.69) is 10.1 Å². The van der Waals surface area contributed by atoms with Crippen LogP contribution in [0.15, 0.2) is 39.1 Å². The molecule has 0 N–H and O–H groups in total. The summed E-state index contributed by atoms with van der Waals surface area (Å²) in [4.78, 5) is 6.93. The van der Waals surface area contributed by atoms with Crippen molar-refractivity contribution in [3.8, 4) is 0 Å². The SMILES string of the molecule is CSc1nn2c(C)c(CN(C)C)c(C)nc2c1S(=O)(=O)c1cccc(Cl)c1. The topological polar surface area (TPSA) is 67.6 Å². The summed E-state index contributed by atoms with van der Waals surface area (Å²) in [5.74, 6) is 0. The van der Waals surface area contributed by atoms with Gasteiger partial charge in [-0.1, -0.05) is 17.7 Å². The van der Waals surface area contributed by atoms with E-state index in [4.69, 9.17) is 11.6 Å². The number of fused-ring (bicyclic) bond motifs is 1. The van der Waals surface area contributed by atoms with Crippen molar-refractivity contribution in [2.45, 2.75) is 35.2 Å². The van der Waals surface area contributed by atoms with E-state index in [0.29, 0.717) is 22.2 Å². The smallest absolute Gasteiger partial charge is 0.213 e. The molecular weight excluding hydrogens is 404 g/mol. The van der Waals surface area contributed by atoms with E-state index in [0.717, 1.165) is 17.0 Å². The average Bonchev–Trinajstić information content (AvgIpc) is 2.97. The molecule has 0 aliphatic rings. The van der Waals surface area contributed by atoms with Gasteiger partial charge in [-0.15, -0.1) is 11.8 Å². The standard InChI is InChI=1S/C18H21ClN4O2S2/c1-11-15(10-22(3)4)12(2)23-17(20-11)16(18(21-23)26-5)27(24,25)14-8-6-7-13(19)9-14/h6-9H,10H2,1-5H3. The van der Waals surface area contributed by atoms with Crippen molar-refractivity contribution < 1.29 is 8.42 Å². The summed E-state index contributed by atoms with van der Waals surface area (Å²) < 4.78 is 28.3. The van der Waals surface area contributed by atoms with Gasteiger partial charge in [0.2, 0.25) is 9.84 Å². The third kappa shape index (κ3) is 3.59. The van der Waals surface area contributed by atoms with Gasteiger partial charge >= 0.3 is 0 Å². The summed E-state index contributed by atoms with van der Waals surface area (Å²) in [6, 6.07) is 6.25.